The zero-order chi connectivity index (χ0) is 22.2. The molecular formula is C21H15F2N3O3S2. The molecule has 0 unspecified atom stereocenters. The molecule has 4 rings (SSSR count). The number of halogens is 2. The van der Waals surface area contributed by atoms with Gasteiger partial charge in [-0.3, -0.25) is 14.8 Å². The molecule has 0 bridgehead atoms. The number of aromatic nitrogens is 1. The smallest absolute Gasteiger partial charge is 0.261 e. The molecular weight excluding hydrogens is 444 g/mol. The highest BCUT2D eigenvalue weighted by Gasteiger charge is 2.16. The Morgan fingerprint density at radius 3 is 2.35 bits per heavy atom. The Morgan fingerprint density at radius 1 is 1.00 bits per heavy atom. The lowest BCUT2D eigenvalue weighted by atomic mass is 10.2. The number of carbonyl (C=O) groups excluding carboxylic acids is 1. The Labute approximate surface area is 180 Å². The predicted octanol–water partition coefficient (Wildman–Crippen LogP) is 4.94. The summed E-state index contributed by atoms with van der Waals surface area (Å²) in [6.45, 7) is 1.86. The van der Waals surface area contributed by atoms with Crippen LogP contribution in [-0.2, 0) is 10.0 Å². The minimum absolute atomic E-state index is 0.0254. The van der Waals surface area contributed by atoms with Crippen LogP contribution in [0.5, 0.6) is 0 Å². The van der Waals surface area contributed by atoms with Gasteiger partial charge in [-0.2, -0.15) is 0 Å². The molecule has 0 radical (unpaired) electrons. The van der Waals surface area contributed by atoms with Crippen LogP contribution in [0.25, 0.3) is 10.2 Å². The van der Waals surface area contributed by atoms with Crippen LogP contribution in [0, 0.1) is 18.6 Å². The highest BCUT2D eigenvalue weighted by Crippen LogP contribution is 2.29. The second-order valence-corrected chi connectivity index (χ2v) is 9.42. The molecule has 31 heavy (non-hydrogen) atoms. The fourth-order valence-corrected chi connectivity index (χ4v) is 4.76. The van der Waals surface area contributed by atoms with Crippen molar-refractivity contribution in [3.63, 3.8) is 0 Å². The van der Waals surface area contributed by atoms with Gasteiger partial charge in [-0.15, -0.1) is 0 Å². The highest BCUT2D eigenvalue weighted by atomic mass is 32.2. The van der Waals surface area contributed by atoms with Crippen LogP contribution >= 0.6 is 11.3 Å². The third-order valence-corrected chi connectivity index (χ3v) is 6.68. The fourth-order valence-electron chi connectivity index (χ4n) is 2.80. The topological polar surface area (TPSA) is 88.2 Å². The molecule has 1 heterocycles. The van der Waals surface area contributed by atoms with E-state index in [-0.39, 0.29) is 31.5 Å². The zero-order valence-corrected chi connectivity index (χ0v) is 17.7. The van der Waals surface area contributed by atoms with E-state index in [2.05, 4.69) is 15.0 Å². The first-order chi connectivity index (χ1) is 14.7. The fraction of sp³-hybridized carbons (Fsp3) is 0.0476. The SMILES string of the molecule is Cc1ccc(S(=O)(=O)Nc2ccc(C(=O)Nc3nc4c(F)cc(F)cc4s3)cc2)cc1. The largest absolute Gasteiger partial charge is 0.298 e. The van der Waals surface area contributed by atoms with Gasteiger partial charge >= 0.3 is 0 Å². The molecule has 1 aromatic heterocycles. The molecule has 0 saturated heterocycles. The lowest BCUT2D eigenvalue weighted by molar-refractivity contribution is 0.102. The Bertz CT molecular complexity index is 1380. The number of hydrogen-bond acceptors (Lipinski definition) is 5. The van der Waals surface area contributed by atoms with Crippen LogP contribution in [0.2, 0.25) is 0 Å². The van der Waals surface area contributed by atoms with Crippen LogP contribution < -0.4 is 10.0 Å². The minimum Gasteiger partial charge on any atom is -0.298 e. The molecule has 0 atom stereocenters. The molecule has 3 aromatic carbocycles. The summed E-state index contributed by atoms with van der Waals surface area (Å²) in [7, 11) is -3.76. The summed E-state index contributed by atoms with van der Waals surface area (Å²) < 4.78 is 54.7. The molecule has 158 valence electrons. The number of fused-ring (bicyclic) bond motifs is 1. The molecule has 4 aromatic rings. The minimum atomic E-state index is -3.76. The van der Waals surface area contributed by atoms with Crippen LogP contribution in [0.4, 0.5) is 19.6 Å². The quantitative estimate of drug-likeness (QED) is 0.443. The third kappa shape index (κ3) is 4.54. The van der Waals surface area contributed by atoms with Gasteiger partial charge in [0.2, 0.25) is 0 Å². The first-order valence-corrected chi connectivity index (χ1v) is 11.3. The number of rotatable bonds is 5. The monoisotopic (exact) mass is 459 g/mol. The summed E-state index contributed by atoms with van der Waals surface area (Å²) in [6.07, 6.45) is 0. The van der Waals surface area contributed by atoms with E-state index in [9.17, 15) is 22.0 Å². The van der Waals surface area contributed by atoms with Crippen molar-refractivity contribution in [1.29, 1.82) is 0 Å². The van der Waals surface area contributed by atoms with Crippen molar-refractivity contribution >= 4 is 48.3 Å². The molecule has 0 spiro atoms. The number of aryl methyl sites for hydroxylation is 1. The lowest BCUT2D eigenvalue weighted by Crippen LogP contribution is -2.14. The summed E-state index contributed by atoms with van der Waals surface area (Å²) in [5, 5.41) is 2.65. The van der Waals surface area contributed by atoms with E-state index in [0.29, 0.717) is 0 Å². The summed E-state index contributed by atoms with van der Waals surface area (Å²) >= 11 is 0.943. The maximum Gasteiger partial charge on any atom is 0.261 e. The van der Waals surface area contributed by atoms with Gasteiger partial charge in [0.1, 0.15) is 11.3 Å². The number of anilines is 2. The van der Waals surface area contributed by atoms with Crippen molar-refractivity contribution in [2.45, 2.75) is 11.8 Å². The Hall–Kier alpha value is -3.37. The lowest BCUT2D eigenvalue weighted by Gasteiger charge is -2.09. The number of nitrogens with zero attached hydrogens (tertiary/aromatic N) is 1. The molecule has 0 aliphatic carbocycles. The summed E-state index contributed by atoms with van der Waals surface area (Å²) in [5.41, 5.74) is 1.44. The number of nitrogens with one attached hydrogen (secondary N) is 2. The number of benzene rings is 3. The number of amides is 1. The Kier molecular flexibility index (Phi) is 5.42. The third-order valence-electron chi connectivity index (χ3n) is 4.36. The molecule has 1 amide bonds. The van der Waals surface area contributed by atoms with Gasteiger partial charge in [-0.05, 0) is 49.4 Å². The molecule has 0 fully saturated rings. The Balaban J connectivity index is 1.48. The maximum absolute atomic E-state index is 13.8. The average Bonchev–Trinajstić information content (AvgIpc) is 3.11. The van der Waals surface area contributed by atoms with Gasteiger partial charge in [-0.1, -0.05) is 29.0 Å². The average molecular weight is 459 g/mol. The van der Waals surface area contributed by atoms with Crippen molar-refractivity contribution in [3.8, 4) is 0 Å². The van der Waals surface area contributed by atoms with Gasteiger partial charge in [0, 0.05) is 17.3 Å². The van der Waals surface area contributed by atoms with Gasteiger partial charge in [-0.25, -0.2) is 22.2 Å². The number of sulfonamides is 1. The first kappa shape index (κ1) is 20.9. The summed E-state index contributed by atoms with van der Waals surface area (Å²) in [6, 6.07) is 14.1. The molecule has 0 aliphatic heterocycles. The number of thiazole rings is 1. The van der Waals surface area contributed by atoms with Gasteiger partial charge < -0.3 is 0 Å². The van der Waals surface area contributed by atoms with E-state index in [1.54, 1.807) is 12.1 Å². The van der Waals surface area contributed by atoms with Crippen LogP contribution in [0.15, 0.2) is 65.6 Å². The second kappa shape index (κ2) is 8.05. The molecule has 2 N–H and O–H groups in total. The van der Waals surface area contributed by atoms with Crippen molar-refractivity contribution in [2.75, 3.05) is 10.0 Å². The van der Waals surface area contributed by atoms with Crippen molar-refractivity contribution in [3.05, 3.63) is 83.4 Å². The summed E-state index contributed by atoms with van der Waals surface area (Å²) in [4.78, 5) is 16.5. The van der Waals surface area contributed by atoms with E-state index in [4.69, 9.17) is 0 Å². The van der Waals surface area contributed by atoms with Crippen molar-refractivity contribution in [1.82, 2.24) is 4.98 Å². The maximum atomic E-state index is 13.8. The van der Waals surface area contributed by atoms with Crippen molar-refractivity contribution in [2.24, 2.45) is 0 Å². The predicted molar refractivity (Wildman–Crippen MR) is 116 cm³/mol. The molecule has 6 nitrogen and oxygen atoms in total. The van der Waals surface area contributed by atoms with Crippen LogP contribution in [0.3, 0.4) is 0 Å². The van der Waals surface area contributed by atoms with E-state index in [0.717, 1.165) is 29.0 Å². The molecule has 10 heteroatoms. The van der Waals surface area contributed by atoms with E-state index >= 15 is 0 Å². The highest BCUT2D eigenvalue weighted by molar-refractivity contribution is 7.92. The summed E-state index contributed by atoms with van der Waals surface area (Å²) in [5.74, 6) is -2.06. The van der Waals surface area contributed by atoms with Gasteiger partial charge in [0.05, 0.1) is 9.60 Å². The first-order valence-electron chi connectivity index (χ1n) is 8.98. The van der Waals surface area contributed by atoms with Crippen LogP contribution in [0.1, 0.15) is 15.9 Å². The standard InChI is InChI=1S/C21H15F2N3O3S2/c1-12-2-8-16(9-3-12)31(28,29)26-15-6-4-13(5-7-15)20(27)25-21-24-19-17(23)10-14(22)11-18(19)30-21/h2-11,26H,1H3,(H,24,25,27). The van der Waals surface area contributed by atoms with Crippen LogP contribution in [-0.4, -0.2) is 19.3 Å². The number of hydrogen-bond donors (Lipinski definition) is 2. The van der Waals surface area contributed by atoms with Gasteiger partial charge in [0.15, 0.2) is 10.9 Å². The zero-order valence-electron chi connectivity index (χ0n) is 16.0. The molecule has 0 saturated carbocycles. The number of carbonyl (C=O) groups is 1. The normalized spacial score (nSPS) is 11.5. The van der Waals surface area contributed by atoms with E-state index in [1.165, 1.54) is 36.4 Å². The van der Waals surface area contributed by atoms with E-state index < -0.39 is 27.6 Å². The molecule has 0 aliphatic rings. The van der Waals surface area contributed by atoms with E-state index in [1.807, 2.05) is 6.92 Å². The van der Waals surface area contributed by atoms with Gasteiger partial charge in [0.25, 0.3) is 15.9 Å². The Morgan fingerprint density at radius 2 is 1.68 bits per heavy atom. The van der Waals surface area contributed by atoms with Crippen molar-refractivity contribution < 1.29 is 22.0 Å². The second-order valence-electron chi connectivity index (χ2n) is 6.70.